The van der Waals surface area contributed by atoms with E-state index in [0.717, 1.165) is 59.5 Å². The van der Waals surface area contributed by atoms with Gasteiger partial charge in [-0.1, -0.05) is 19.1 Å². The highest BCUT2D eigenvalue weighted by molar-refractivity contribution is 5.71. The molecule has 0 bridgehead atoms. The third-order valence-electron chi connectivity index (χ3n) is 7.15. The van der Waals surface area contributed by atoms with E-state index < -0.39 is 0 Å². The highest BCUT2D eigenvalue weighted by atomic mass is 19.1. The van der Waals surface area contributed by atoms with Crippen LogP contribution in [-0.2, 0) is 6.54 Å². The highest BCUT2D eigenvalue weighted by Gasteiger charge is 2.31. The molecule has 0 unspecified atom stereocenters. The molecule has 0 radical (unpaired) electrons. The maximum Gasteiger partial charge on any atom is 0.161 e. The first-order valence-electron chi connectivity index (χ1n) is 11.9. The van der Waals surface area contributed by atoms with Crippen molar-refractivity contribution in [2.24, 2.45) is 11.8 Å². The first-order valence-corrected chi connectivity index (χ1v) is 11.9. The van der Waals surface area contributed by atoms with Gasteiger partial charge < -0.3 is 14.4 Å². The zero-order valence-corrected chi connectivity index (χ0v) is 19.8. The van der Waals surface area contributed by atoms with Crippen molar-refractivity contribution in [3.63, 3.8) is 0 Å². The van der Waals surface area contributed by atoms with Gasteiger partial charge in [0.2, 0.25) is 0 Å². The maximum absolute atomic E-state index is 13.4. The Morgan fingerprint density at radius 1 is 1.06 bits per heavy atom. The van der Waals surface area contributed by atoms with Gasteiger partial charge in [-0.15, -0.1) is 0 Å². The molecule has 2 aliphatic heterocycles. The average molecular weight is 457 g/mol. The largest absolute Gasteiger partial charge is 0.356 e. The molecule has 34 heavy (non-hydrogen) atoms. The van der Waals surface area contributed by atoms with Crippen LogP contribution >= 0.6 is 0 Å². The Bertz CT molecular complexity index is 1340. The van der Waals surface area contributed by atoms with Gasteiger partial charge in [-0.05, 0) is 61.8 Å². The normalized spacial score (nSPS) is 19.1. The second-order valence-electron chi connectivity index (χ2n) is 9.91. The number of pyridine rings is 1. The SMILES string of the molecule is C[C@H]1CN(c2ccc3c(n2)Cn2cc(-c4ccc(F)cc4)cc2-c2nccn2-3)C[C@H]1CN(C)C. The third kappa shape index (κ3) is 3.60. The summed E-state index contributed by atoms with van der Waals surface area (Å²) >= 11 is 0. The van der Waals surface area contributed by atoms with Crippen molar-refractivity contribution in [1.29, 1.82) is 0 Å². The minimum Gasteiger partial charge on any atom is -0.356 e. The molecule has 7 heteroatoms. The van der Waals surface area contributed by atoms with Crippen LogP contribution in [0.5, 0.6) is 0 Å². The molecule has 2 aliphatic rings. The average Bonchev–Trinajstić information content (AvgIpc) is 3.52. The molecule has 6 nitrogen and oxygen atoms in total. The van der Waals surface area contributed by atoms with E-state index in [1.165, 1.54) is 12.1 Å². The van der Waals surface area contributed by atoms with Crippen LogP contribution in [0.3, 0.4) is 0 Å². The van der Waals surface area contributed by atoms with Crippen molar-refractivity contribution in [3.05, 3.63) is 72.6 Å². The first-order chi connectivity index (χ1) is 16.5. The number of aromatic nitrogens is 4. The summed E-state index contributed by atoms with van der Waals surface area (Å²) in [6, 6.07) is 13.1. The molecule has 5 heterocycles. The number of benzene rings is 1. The Labute approximate surface area is 199 Å². The number of imidazole rings is 1. The van der Waals surface area contributed by atoms with Gasteiger partial charge in [-0.25, -0.2) is 14.4 Å². The summed E-state index contributed by atoms with van der Waals surface area (Å²) in [6.45, 7) is 6.17. The predicted molar refractivity (Wildman–Crippen MR) is 133 cm³/mol. The first kappa shape index (κ1) is 21.1. The molecule has 3 aromatic heterocycles. The van der Waals surface area contributed by atoms with Gasteiger partial charge in [-0.3, -0.25) is 4.57 Å². The minimum atomic E-state index is -0.227. The number of halogens is 1. The van der Waals surface area contributed by atoms with Crippen LogP contribution in [-0.4, -0.2) is 57.7 Å². The number of anilines is 1. The van der Waals surface area contributed by atoms with Crippen molar-refractivity contribution < 1.29 is 4.39 Å². The van der Waals surface area contributed by atoms with Gasteiger partial charge in [-0.2, -0.15) is 0 Å². The lowest BCUT2D eigenvalue weighted by Gasteiger charge is -2.21. The molecular formula is C27H29FN6. The third-order valence-corrected chi connectivity index (χ3v) is 7.15. The molecule has 1 saturated heterocycles. The molecule has 1 aromatic carbocycles. The van der Waals surface area contributed by atoms with Crippen LogP contribution < -0.4 is 4.90 Å². The number of hydrogen-bond donors (Lipinski definition) is 0. The van der Waals surface area contributed by atoms with Crippen molar-refractivity contribution >= 4 is 5.82 Å². The van der Waals surface area contributed by atoms with Crippen molar-refractivity contribution in [2.45, 2.75) is 13.5 Å². The summed E-state index contributed by atoms with van der Waals surface area (Å²) in [5, 5.41) is 0. The summed E-state index contributed by atoms with van der Waals surface area (Å²) in [5.41, 5.74) is 5.16. The molecule has 0 aliphatic carbocycles. The monoisotopic (exact) mass is 456 g/mol. The summed E-state index contributed by atoms with van der Waals surface area (Å²) in [6.07, 6.45) is 5.96. The molecule has 0 N–H and O–H groups in total. The van der Waals surface area contributed by atoms with Crippen LogP contribution in [0.1, 0.15) is 12.6 Å². The zero-order chi connectivity index (χ0) is 23.4. The predicted octanol–water partition coefficient (Wildman–Crippen LogP) is 4.54. The number of rotatable bonds is 4. The fraction of sp³-hybridized carbons (Fsp3) is 0.333. The minimum absolute atomic E-state index is 0.227. The highest BCUT2D eigenvalue weighted by Crippen LogP contribution is 2.35. The second kappa shape index (κ2) is 8.09. The topological polar surface area (TPSA) is 42.1 Å². The molecular weight excluding hydrogens is 427 g/mol. The van der Waals surface area contributed by atoms with E-state index in [1.807, 2.05) is 24.5 Å². The Balaban J connectivity index is 1.37. The van der Waals surface area contributed by atoms with E-state index in [9.17, 15) is 4.39 Å². The van der Waals surface area contributed by atoms with Gasteiger partial charge >= 0.3 is 0 Å². The Kier molecular flexibility index (Phi) is 5.03. The smallest absolute Gasteiger partial charge is 0.161 e. The molecule has 0 amide bonds. The summed E-state index contributed by atoms with van der Waals surface area (Å²) < 4.78 is 17.8. The standard InChI is InChI=1S/C27H29FN6/c1-18-13-33(16-21(18)14-31(2)3)26-9-8-24-23(30-26)17-32-15-20(19-4-6-22(28)7-5-19)12-25(32)27-29-10-11-34(24)27/h4-12,15,18,21H,13-14,16-17H2,1-3H3/t18-,21+/m0/s1. The maximum atomic E-state index is 13.4. The summed E-state index contributed by atoms with van der Waals surface area (Å²) in [7, 11) is 4.29. The van der Waals surface area contributed by atoms with Gasteiger partial charge in [0.1, 0.15) is 11.6 Å². The molecule has 2 atom stereocenters. The van der Waals surface area contributed by atoms with Gasteiger partial charge in [0.15, 0.2) is 5.82 Å². The fourth-order valence-corrected chi connectivity index (χ4v) is 5.40. The van der Waals surface area contributed by atoms with Crippen LogP contribution in [0, 0.1) is 17.7 Å². The van der Waals surface area contributed by atoms with Crippen LogP contribution in [0.2, 0.25) is 0 Å². The van der Waals surface area contributed by atoms with Crippen molar-refractivity contribution in [1.82, 2.24) is 24.0 Å². The number of fused-ring (bicyclic) bond motifs is 5. The molecule has 174 valence electrons. The van der Waals surface area contributed by atoms with Crippen LogP contribution in [0.4, 0.5) is 10.2 Å². The second-order valence-corrected chi connectivity index (χ2v) is 9.91. The van der Waals surface area contributed by atoms with E-state index in [0.29, 0.717) is 18.4 Å². The van der Waals surface area contributed by atoms with E-state index in [1.54, 1.807) is 0 Å². The Hall–Kier alpha value is -3.45. The van der Waals surface area contributed by atoms with Gasteiger partial charge in [0.05, 0.1) is 23.6 Å². The van der Waals surface area contributed by atoms with E-state index >= 15 is 0 Å². The zero-order valence-electron chi connectivity index (χ0n) is 19.8. The lowest BCUT2D eigenvalue weighted by Crippen LogP contribution is -2.27. The fourth-order valence-electron chi connectivity index (χ4n) is 5.40. The quantitative estimate of drug-likeness (QED) is 0.398. The molecule has 6 rings (SSSR count). The Morgan fingerprint density at radius 3 is 2.68 bits per heavy atom. The van der Waals surface area contributed by atoms with E-state index in [4.69, 9.17) is 4.98 Å². The van der Waals surface area contributed by atoms with Gasteiger partial charge in [0, 0.05) is 43.8 Å². The summed E-state index contributed by atoms with van der Waals surface area (Å²) in [4.78, 5) is 14.5. The molecule has 4 aromatic rings. The molecule has 0 saturated carbocycles. The number of hydrogen-bond acceptors (Lipinski definition) is 4. The van der Waals surface area contributed by atoms with E-state index in [2.05, 4.69) is 69.3 Å². The van der Waals surface area contributed by atoms with E-state index in [-0.39, 0.29) is 5.82 Å². The lowest BCUT2D eigenvalue weighted by molar-refractivity contribution is 0.301. The molecule has 0 spiro atoms. The summed E-state index contributed by atoms with van der Waals surface area (Å²) in [5.74, 6) is 2.99. The van der Waals surface area contributed by atoms with Crippen LogP contribution in [0.25, 0.3) is 28.3 Å². The lowest BCUT2D eigenvalue weighted by atomic mass is 9.98. The van der Waals surface area contributed by atoms with Crippen LogP contribution in [0.15, 0.2) is 61.1 Å². The van der Waals surface area contributed by atoms with Crippen molar-refractivity contribution in [2.75, 3.05) is 38.6 Å². The Morgan fingerprint density at radius 2 is 1.88 bits per heavy atom. The molecule has 1 fully saturated rings. The number of nitrogens with zero attached hydrogens (tertiary/aromatic N) is 6. The van der Waals surface area contributed by atoms with Gasteiger partial charge in [0.25, 0.3) is 0 Å². The van der Waals surface area contributed by atoms with Crippen molar-refractivity contribution in [3.8, 4) is 28.3 Å².